The van der Waals surface area contributed by atoms with Crippen molar-refractivity contribution < 1.29 is 23.1 Å². The Balaban J connectivity index is 1.63. The van der Waals surface area contributed by atoms with Crippen LogP contribution in [0.2, 0.25) is 10.0 Å². The standard InChI is InChI=1S/C27H32Cl2N2O5S2/c1-38(35,36)16-5-4-15-27(13-2-3-14-27)26(37)31-22(25(33)34)17-18-9-11-19(12-10-18)30-24(32)23-20(28)7-6-8-21(23)29/h6-12,22H,2-5,13-17H2,1H3,(H,30,32)(H,31,37)(H,33,34). The van der Waals surface area contributed by atoms with Gasteiger partial charge in [0.2, 0.25) is 0 Å². The summed E-state index contributed by atoms with van der Waals surface area (Å²) in [6.45, 7) is 0. The minimum absolute atomic E-state index is 0.142. The quantitative estimate of drug-likeness (QED) is 0.205. The van der Waals surface area contributed by atoms with Crippen LogP contribution in [-0.4, -0.2) is 48.4 Å². The molecule has 3 rings (SSSR count). The monoisotopic (exact) mass is 598 g/mol. The zero-order chi connectivity index (χ0) is 27.9. The number of hydrogen-bond donors (Lipinski definition) is 3. The zero-order valence-corrected chi connectivity index (χ0v) is 24.3. The Labute approximate surface area is 239 Å². The molecule has 1 saturated carbocycles. The van der Waals surface area contributed by atoms with E-state index in [9.17, 15) is 23.1 Å². The number of sulfone groups is 1. The molecular formula is C27H32Cl2N2O5S2. The van der Waals surface area contributed by atoms with Gasteiger partial charge in [0.1, 0.15) is 15.9 Å². The predicted octanol–water partition coefficient (Wildman–Crippen LogP) is 5.93. The lowest BCUT2D eigenvalue weighted by Gasteiger charge is -2.32. The fraction of sp³-hybridized carbons (Fsp3) is 0.444. The van der Waals surface area contributed by atoms with Gasteiger partial charge in [-0.05, 0) is 55.5 Å². The Bertz CT molecular complexity index is 1260. The van der Waals surface area contributed by atoms with Crippen LogP contribution in [0.15, 0.2) is 42.5 Å². The normalized spacial score (nSPS) is 15.6. The lowest BCUT2D eigenvalue weighted by Crippen LogP contribution is -2.47. The molecule has 2 aromatic carbocycles. The lowest BCUT2D eigenvalue weighted by molar-refractivity contribution is -0.139. The third-order valence-corrected chi connectivity index (χ3v) is 9.12. The van der Waals surface area contributed by atoms with Gasteiger partial charge in [-0.2, -0.15) is 0 Å². The number of thiocarbonyl (C=S) groups is 1. The van der Waals surface area contributed by atoms with Gasteiger partial charge in [-0.3, -0.25) is 4.79 Å². The summed E-state index contributed by atoms with van der Waals surface area (Å²) >= 11 is 18.0. The van der Waals surface area contributed by atoms with Gasteiger partial charge in [-0.15, -0.1) is 0 Å². The third kappa shape index (κ3) is 8.40. The highest BCUT2D eigenvalue weighted by Gasteiger charge is 2.39. The topological polar surface area (TPSA) is 113 Å². The van der Waals surface area contributed by atoms with Crippen molar-refractivity contribution in [3.05, 3.63) is 63.6 Å². The van der Waals surface area contributed by atoms with E-state index in [1.807, 2.05) is 0 Å². The molecule has 1 amide bonds. The van der Waals surface area contributed by atoms with Gasteiger partial charge in [0.15, 0.2) is 0 Å². The number of amides is 1. The van der Waals surface area contributed by atoms with Crippen LogP contribution in [0, 0.1) is 5.41 Å². The van der Waals surface area contributed by atoms with Crippen molar-refractivity contribution >= 4 is 67.8 Å². The van der Waals surface area contributed by atoms with E-state index in [0.717, 1.165) is 44.1 Å². The van der Waals surface area contributed by atoms with E-state index < -0.39 is 27.8 Å². The van der Waals surface area contributed by atoms with Crippen molar-refractivity contribution in [3.8, 4) is 0 Å². The number of unbranched alkanes of at least 4 members (excludes halogenated alkanes) is 1. The van der Waals surface area contributed by atoms with Gasteiger partial charge < -0.3 is 15.7 Å². The first-order chi connectivity index (χ1) is 17.9. The smallest absolute Gasteiger partial charge is 0.326 e. The molecule has 3 N–H and O–H groups in total. The van der Waals surface area contributed by atoms with Gasteiger partial charge >= 0.3 is 5.97 Å². The molecule has 1 atom stereocenters. The summed E-state index contributed by atoms with van der Waals surface area (Å²) in [5.74, 6) is -1.31. The van der Waals surface area contributed by atoms with Crippen molar-refractivity contribution in [2.24, 2.45) is 5.41 Å². The fourth-order valence-corrected chi connectivity index (χ4v) is 6.60. The van der Waals surface area contributed by atoms with E-state index >= 15 is 0 Å². The van der Waals surface area contributed by atoms with E-state index in [-0.39, 0.29) is 33.2 Å². The Hall–Kier alpha value is -2.20. The zero-order valence-electron chi connectivity index (χ0n) is 21.1. The van der Waals surface area contributed by atoms with Crippen LogP contribution in [0.1, 0.15) is 60.9 Å². The SMILES string of the molecule is CS(=O)(=O)CCCCC1(C(=S)NC(Cc2ccc(NC(=O)c3c(Cl)cccc3Cl)cc2)C(=O)O)CCCC1. The van der Waals surface area contributed by atoms with Crippen LogP contribution in [0.4, 0.5) is 5.69 Å². The van der Waals surface area contributed by atoms with E-state index in [1.54, 1.807) is 42.5 Å². The number of benzene rings is 2. The highest BCUT2D eigenvalue weighted by molar-refractivity contribution is 7.90. The molecule has 0 aromatic heterocycles. The van der Waals surface area contributed by atoms with Crippen LogP contribution < -0.4 is 10.6 Å². The van der Waals surface area contributed by atoms with Gasteiger partial charge in [0.25, 0.3) is 5.91 Å². The number of carbonyl (C=O) groups excluding carboxylic acids is 1. The second-order valence-corrected chi connectivity index (χ2v) is 13.4. The second-order valence-electron chi connectivity index (χ2n) is 9.89. The number of carbonyl (C=O) groups is 2. The van der Waals surface area contributed by atoms with Crippen molar-refractivity contribution in [2.45, 2.75) is 57.4 Å². The summed E-state index contributed by atoms with van der Waals surface area (Å²) in [5, 5.41) is 16.2. The summed E-state index contributed by atoms with van der Waals surface area (Å²) in [4.78, 5) is 25.3. The second kappa shape index (κ2) is 13.2. The Kier molecular flexibility index (Phi) is 10.6. The summed E-state index contributed by atoms with van der Waals surface area (Å²) < 4.78 is 22.9. The first-order valence-corrected chi connectivity index (χ1v) is 15.7. The van der Waals surface area contributed by atoms with Crippen molar-refractivity contribution in [2.75, 3.05) is 17.3 Å². The third-order valence-electron chi connectivity index (χ3n) is 6.91. The minimum Gasteiger partial charge on any atom is -0.480 e. The van der Waals surface area contributed by atoms with Gasteiger partial charge in [-0.25, -0.2) is 13.2 Å². The molecule has 2 aromatic rings. The van der Waals surface area contributed by atoms with Crippen LogP contribution in [0.25, 0.3) is 0 Å². The van der Waals surface area contributed by atoms with E-state index in [2.05, 4.69) is 10.6 Å². The van der Waals surface area contributed by atoms with E-state index in [0.29, 0.717) is 17.1 Å². The van der Waals surface area contributed by atoms with Crippen molar-refractivity contribution in [3.63, 3.8) is 0 Å². The van der Waals surface area contributed by atoms with E-state index in [4.69, 9.17) is 35.4 Å². The van der Waals surface area contributed by atoms with Gasteiger partial charge in [-0.1, -0.05) is 72.9 Å². The van der Waals surface area contributed by atoms with Gasteiger partial charge in [0, 0.05) is 29.5 Å². The molecule has 1 unspecified atom stereocenters. The predicted molar refractivity (Wildman–Crippen MR) is 156 cm³/mol. The number of rotatable bonds is 12. The Morgan fingerprint density at radius 3 is 2.21 bits per heavy atom. The first-order valence-electron chi connectivity index (χ1n) is 12.5. The van der Waals surface area contributed by atoms with Gasteiger partial charge in [0.05, 0.1) is 20.6 Å². The van der Waals surface area contributed by atoms with Crippen LogP contribution >= 0.6 is 35.4 Å². The Morgan fingerprint density at radius 2 is 1.66 bits per heavy atom. The summed E-state index contributed by atoms with van der Waals surface area (Å²) in [5.41, 5.74) is 1.16. The maximum atomic E-state index is 12.6. The first kappa shape index (κ1) is 30.3. The van der Waals surface area contributed by atoms with Crippen LogP contribution in [0.3, 0.4) is 0 Å². The molecule has 1 aliphatic carbocycles. The summed E-state index contributed by atoms with van der Waals surface area (Å²) in [6, 6.07) is 10.8. The van der Waals surface area contributed by atoms with E-state index in [1.165, 1.54) is 6.26 Å². The average molecular weight is 600 g/mol. The van der Waals surface area contributed by atoms with Crippen LogP contribution in [0.5, 0.6) is 0 Å². The molecule has 0 saturated heterocycles. The molecule has 0 bridgehead atoms. The van der Waals surface area contributed by atoms with Crippen molar-refractivity contribution in [1.29, 1.82) is 0 Å². The molecular weight excluding hydrogens is 567 g/mol. The number of carboxylic acids is 1. The maximum Gasteiger partial charge on any atom is 0.326 e. The number of carboxylic acid groups (broad SMARTS) is 1. The Morgan fingerprint density at radius 1 is 1.05 bits per heavy atom. The fourth-order valence-electron chi connectivity index (χ4n) is 4.85. The maximum absolute atomic E-state index is 12.6. The van der Waals surface area contributed by atoms with Crippen molar-refractivity contribution in [1.82, 2.24) is 5.32 Å². The molecule has 0 radical (unpaired) electrons. The largest absolute Gasteiger partial charge is 0.480 e. The molecule has 1 fully saturated rings. The molecule has 38 heavy (non-hydrogen) atoms. The summed E-state index contributed by atoms with van der Waals surface area (Å²) in [7, 11) is -3.01. The highest BCUT2D eigenvalue weighted by Crippen LogP contribution is 2.43. The molecule has 0 aliphatic heterocycles. The lowest BCUT2D eigenvalue weighted by atomic mass is 9.80. The molecule has 0 spiro atoms. The molecule has 7 nitrogen and oxygen atoms in total. The average Bonchev–Trinajstić information content (AvgIpc) is 3.32. The molecule has 206 valence electrons. The number of halogens is 2. The van der Waals surface area contributed by atoms with Crippen LogP contribution in [-0.2, 0) is 21.1 Å². The summed E-state index contributed by atoms with van der Waals surface area (Å²) in [6.07, 6.45) is 7.22. The minimum atomic E-state index is -3.01. The number of aliphatic carboxylic acids is 1. The highest BCUT2D eigenvalue weighted by atomic mass is 35.5. The molecule has 11 heteroatoms. The number of anilines is 1. The number of hydrogen-bond acceptors (Lipinski definition) is 5. The number of nitrogens with one attached hydrogen (secondary N) is 2. The molecule has 1 aliphatic rings. The molecule has 0 heterocycles.